The van der Waals surface area contributed by atoms with Crippen LogP contribution in [0.3, 0.4) is 0 Å². The molecule has 1 atom stereocenters. The third-order valence-corrected chi connectivity index (χ3v) is 3.30. The summed E-state index contributed by atoms with van der Waals surface area (Å²) in [5.41, 5.74) is 5.59. The van der Waals surface area contributed by atoms with Crippen LogP contribution < -0.4 is 5.73 Å². The van der Waals surface area contributed by atoms with Crippen LogP contribution in [0.15, 0.2) is 10.2 Å². The first kappa shape index (κ1) is 12.9. The van der Waals surface area contributed by atoms with E-state index in [4.69, 9.17) is 10.5 Å². The van der Waals surface area contributed by atoms with E-state index in [1.165, 1.54) is 0 Å². The monoisotopic (exact) mass is 252 g/mol. The van der Waals surface area contributed by atoms with Crippen molar-refractivity contribution in [2.45, 2.75) is 32.6 Å². The van der Waals surface area contributed by atoms with Crippen molar-refractivity contribution in [1.82, 2.24) is 4.90 Å². The number of carbonyl (C=O) groups excluding carboxylic acids is 1. The number of hydrogen-bond acceptors (Lipinski definition) is 6. The Balaban J connectivity index is 1.96. The van der Waals surface area contributed by atoms with Gasteiger partial charge in [0, 0.05) is 25.9 Å². The molecule has 0 aromatic heterocycles. The van der Waals surface area contributed by atoms with Gasteiger partial charge in [0.25, 0.3) is 0 Å². The van der Waals surface area contributed by atoms with Crippen molar-refractivity contribution in [3.63, 3.8) is 0 Å². The highest BCUT2D eigenvalue weighted by Crippen LogP contribution is 2.20. The number of carbonyl (C=O) groups is 1. The van der Waals surface area contributed by atoms with Crippen LogP contribution in [0.2, 0.25) is 0 Å². The van der Waals surface area contributed by atoms with E-state index < -0.39 is 0 Å². The molecule has 18 heavy (non-hydrogen) atoms. The summed E-state index contributed by atoms with van der Waals surface area (Å²) in [6, 6.07) is 0. The minimum Gasteiger partial charge on any atom is -0.466 e. The van der Waals surface area contributed by atoms with Crippen LogP contribution in [0.4, 0.5) is 0 Å². The highest BCUT2D eigenvalue weighted by molar-refractivity contribution is 5.92. The molecule has 1 fully saturated rings. The molecule has 0 radical (unpaired) electrons. The molecular formula is C12H20N4O2. The first-order chi connectivity index (χ1) is 8.70. The molecule has 0 aliphatic carbocycles. The summed E-state index contributed by atoms with van der Waals surface area (Å²) in [5, 5.41) is 8.04. The van der Waals surface area contributed by atoms with Crippen LogP contribution in [-0.2, 0) is 9.53 Å². The molecule has 2 aliphatic rings. The zero-order chi connectivity index (χ0) is 13.0. The third-order valence-electron chi connectivity index (χ3n) is 3.30. The van der Waals surface area contributed by atoms with Crippen LogP contribution in [0, 0.1) is 5.92 Å². The molecule has 6 heteroatoms. The molecular weight excluding hydrogens is 232 g/mol. The van der Waals surface area contributed by atoms with E-state index in [2.05, 4.69) is 15.1 Å². The molecule has 0 amide bonds. The Morgan fingerprint density at radius 3 is 3.00 bits per heavy atom. The number of ether oxygens (including phenoxy) is 1. The number of piperidine rings is 1. The fourth-order valence-electron chi connectivity index (χ4n) is 2.35. The molecule has 0 aromatic carbocycles. The summed E-state index contributed by atoms with van der Waals surface area (Å²) >= 11 is 0. The lowest BCUT2D eigenvalue weighted by Gasteiger charge is -2.34. The van der Waals surface area contributed by atoms with Crippen molar-refractivity contribution >= 4 is 17.6 Å². The lowest BCUT2D eigenvalue weighted by molar-refractivity contribution is -0.149. The van der Waals surface area contributed by atoms with Gasteiger partial charge in [0.1, 0.15) is 11.7 Å². The summed E-state index contributed by atoms with van der Waals surface area (Å²) in [4.78, 5) is 13.9. The summed E-state index contributed by atoms with van der Waals surface area (Å²) < 4.78 is 5.08. The lowest BCUT2D eigenvalue weighted by atomic mass is 9.97. The number of rotatable bonds is 2. The second kappa shape index (κ2) is 5.84. The molecule has 0 aromatic rings. The zero-order valence-corrected chi connectivity index (χ0v) is 10.8. The second-order valence-corrected chi connectivity index (χ2v) is 4.64. The van der Waals surface area contributed by atoms with Gasteiger partial charge in [0.15, 0.2) is 0 Å². The van der Waals surface area contributed by atoms with Crippen molar-refractivity contribution in [3.05, 3.63) is 0 Å². The minimum atomic E-state index is -0.0957. The summed E-state index contributed by atoms with van der Waals surface area (Å²) in [6.45, 7) is 3.90. The van der Waals surface area contributed by atoms with Crippen LogP contribution in [0.1, 0.15) is 32.6 Å². The molecule has 2 N–H and O–H groups in total. The smallest absolute Gasteiger partial charge is 0.310 e. The first-order valence-electron chi connectivity index (χ1n) is 6.51. The predicted octanol–water partition coefficient (Wildman–Crippen LogP) is 0.726. The van der Waals surface area contributed by atoms with Crippen molar-refractivity contribution in [2.24, 2.45) is 21.9 Å². The van der Waals surface area contributed by atoms with E-state index in [0.29, 0.717) is 19.0 Å². The van der Waals surface area contributed by atoms with Crippen LogP contribution >= 0.6 is 0 Å². The van der Waals surface area contributed by atoms with E-state index in [1.54, 1.807) is 0 Å². The van der Waals surface area contributed by atoms with E-state index in [1.807, 2.05) is 6.92 Å². The molecule has 100 valence electrons. The maximum absolute atomic E-state index is 11.7. The summed E-state index contributed by atoms with van der Waals surface area (Å²) in [6.07, 6.45) is 3.44. The Bertz CT molecular complexity index is 378. The van der Waals surface area contributed by atoms with Gasteiger partial charge < -0.3 is 15.4 Å². The standard InChI is InChI=1S/C12H20N4O2/c1-2-18-12(17)9-4-3-7-16(8-9)11-6-5-10(13)14-15-11/h9H,2-8H2,1H3,(H2,13,14). The number of esters is 1. The van der Waals surface area contributed by atoms with E-state index in [-0.39, 0.29) is 11.9 Å². The Kier molecular flexibility index (Phi) is 4.17. The van der Waals surface area contributed by atoms with Gasteiger partial charge in [-0.25, -0.2) is 0 Å². The maximum atomic E-state index is 11.7. The van der Waals surface area contributed by atoms with Gasteiger partial charge in [0.2, 0.25) is 0 Å². The fourth-order valence-corrected chi connectivity index (χ4v) is 2.35. The summed E-state index contributed by atoms with van der Waals surface area (Å²) in [7, 11) is 0. The molecule has 6 nitrogen and oxygen atoms in total. The van der Waals surface area contributed by atoms with E-state index in [9.17, 15) is 4.79 Å². The highest BCUT2D eigenvalue weighted by atomic mass is 16.5. The van der Waals surface area contributed by atoms with E-state index in [0.717, 1.165) is 38.1 Å². The van der Waals surface area contributed by atoms with E-state index >= 15 is 0 Å². The average Bonchev–Trinajstić information content (AvgIpc) is 2.40. The number of hydrogen-bond donors (Lipinski definition) is 1. The summed E-state index contributed by atoms with van der Waals surface area (Å²) in [5.74, 6) is 1.39. The van der Waals surface area contributed by atoms with Crippen LogP contribution in [0.5, 0.6) is 0 Å². The van der Waals surface area contributed by atoms with Crippen molar-refractivity contribution in [2.75, 3.05) is 19.7 Å². The first-order valence-corrected chi connectivity index (χ1v) is 6.51. The molecule has 0 saturated carbocycles. The molecule has 0 spiro atoms. The number of nitrogens with two attached hydrogens (primary N) is 1. The average molecular weight is 252 g/mol. The zero-order valence-electron chi connectivity index (χ0n) is 10.8. The van der Waals surface area contributed by atoms with Crippen LogP contribution in [-0.4, -0.2) is 42.2 Å². The number of likely N-dealkylation sites (tertiary alicyclic amines) is 1. The quantitative estimate of drug-likeness (QED) is 0.734. The van der Waals surface area contributed by atoms with Gasteiger partial charge in [-0.15, -0.1) is 10.2 Å². The molecule has 1 saturated heterocycles. The molecule has 1 unspecified atom stereocenters. The minimum absolute atomic E-state index is 0.0374. The van der Waals surface area contributed by atoms with Crippen molar-refractivity contribution in [1.29, 1.82) is 0 Å². The lowest BCUT2D eigenvalue weighted by Crippen LogP contribution is -2.43. The van der Waals surface area contributed by atoms with Gasteiger partial charge in [0.05, 0.1) is 12.5 Å². The van der Waals surface area contributed by atoms with Crippen molar-refractivity contribution < 1.29 is 9.53 Å². The van der Waals surface area contributed by atoms with Gasteiger partial charge in [-0.1, -0.05) is 0 Å². The van der Waals surface area contributed by atoms with Crippen molar-refractivity contribution in [3.8, 4) is 0 Å². The van der Waals surface area contributed by atoms with Crippen LogP contribution in [0.25, 0.3) is 0 Å². The number of nitrogens with zero attached hydrogens (tertiary/aromatic N) is 3. The topological polar surface area (TPSA) is 80.3 Å². The van der Waals surface area contributed by atoms with Gasteiger partial charge in [-0.2, -0.15) is 0 Å². The molecule has 2 rings (SSSR count). The highest BCUT2D eigenvalue weighted by Gasteiger charge is 2.28. The Morgan fingerprint density at radius 2 is 2.33 bits per heavy atom. The largest absolute Gasteiger partial charge is 0.466 e. The Labute approximate surface area is 107 Å². The Morgan fingerprint density at radius 1 is 1.50 bits per heavy atom. The molecule has 2 aliphatic heterocycles. The molecule has 0 bridgehead atoms. The molecule has 2 heterocycles. The predicted molar refractivity (Wildman–Crippen MR) is 69.2 cm³/mol. The fraction of sp³-hybridized carbons (Fsp3) is 0.750. The van der Waals surface area contributed by atoms with Gasteiger partial charge in [-0.05, 0) is 19.8 Å². The normalized spacial score (nSPS) is 24.3. The Hall–Kier alpha value is -1.59. The third kappa shape index (κ3) is 3.00. The SMILES string of the molecule is CCOC(=O)C1CCCN(C2=NN=C(N)CC2)C1. The van der Waals surface area contributed by atoms with Gasteiger partial charge >= 0.3 is 5.97 Å². The number of amidine groups is 2. The van der Waals surface area contributed by atoms with Gasteiger partial charge in [-0.3, -0.25) is 4.79 Å². The second-order valence-electron chi connectivity index (χ2n) is 4.64. The maximum Gasteiger partial charge on any atom is 0.310 e.